The van der Waals surface area contributed by atoms with Gasteiger partial charge in [0.15, 0.2) is 0 Å². The summed E-state index contributed by atoms with van der Waals surface area (Å²) in [7, 11) is -0.742. The zero-order chi connectivity index (χ0) is 10.6. The molecule has 0 atom stereocenters. The quantitative estimate of drug-likeness (QED) is 0.627. The summed E-state index contributed by atoms with van der Waals surface area (Å²) < 4.78 is 0. The maximum atomic E-state index is 4.41. The Bertz CT molecular complexity index is 343. The van der Waals surface area contributed by atoms with Crippen LogP contribution in [-0.4, -0.2) is 18.1 Å². The molecule has 1 aliphatic heterocycles. The lowest BCUT2D eigenvalue weighted by Gasteiger charge is -2.15. The van der Waals surface area contributed by atoms with Gasteiger partial charge >= 0.3 is 0 Å². The largest absolute Gasteiger partial charge is 0.250 e. The first kappa shape index (κ1) is 11.1. The first-order valence-corrected chi connectivity index (χ1v) is 7.11. The standard InChI is InChI=1S/C12H17NS/c1-5-7-8-11(6-2)12-9-14(3,4)10-13-12/h5-10H,2H2,1,3-4H3. The van der Waals surface area contributed by atoms with Crippen molar-refractivity contribution in [2.45, 2.75) is 6.92 Å². The molecule has 0 N–H and O–H groups in total. The molecule has 76 valence electrons. The molecule has 0 radical (unpaired) electrons. The summed E-state index contributed by atoms with van der Waals surface area (Å²) in [6.07, 6.45) is 12.3. The molecular formula is C12H17NS. The molecule has 0 aromatic rings. The fraction of sp³-hybridized carbons (Fsp3) is 0.250. The number of aliphatic imine (C=N–C) groups is 1. The van der Waals surface area contributed by atoms with Crippen molar-refractivity contribution in [2.75, 3.05) is 12.5 Å². The monoisotopic (exact) mass is 207 g/mol. The molecule has 0 aromatic carbocycles. The van der Waals surface area contributed by atoms with Gasteiger partial charge < -0.3 is 0 Å². The highest BCUT2D eigenvalue weighted by molar-refractivity contribution is 8.45. The van der Waals surface area contributed by atoms with E-state index < -0.39 is 10.0 Å². The van der Waals surface area contributed by atoms with Gasteiger partial charge in [0.25, 0.3) is 0 Å². The minimum absolute atomic E-state index is 0.742. The van der Waals surface area contributed by atoms with E-state index >= 15 is 0 Å². The Labute approximate surface area is 87.9 Å². The molecule has 14 heavy (non-hydrogen) atoms. The molecule has 0 spiro atoms. The first-order valence-electron chi connectivity index (χ1n) is 4.54. The molecule has 1 aliphatic rings. The van der Waals surface area contributed by atoms with Crippen LogP contribution in [0.1, 0.15) is 6.92 Å². The van der Waals surface area contributed by atoms with Gasteiger partial charge in [-0.1, -0.05) is 30.9 Å². The Morgan fingerprint density at radius 2 is 2.21 bits per heavy atom. The second-order valence-corrected chi connectivity index (χ2v) is 7.00. The van der Waals surface area contributed by atoms with E-state index in [0.29, 0.717) is 0 Å². The van der Waals surface area contributed by atoms with Crippen molar-refractivity contribution in [1.82, 2.24) is 0 Å². The van der Waals surface area contributed by atoms with Crippen molar-refractivity contribution >= 4 is 15.6 Å². The van der Waals surface area contributed by atoms with Gasteiger partial charge in [0, 0.05) is 11.1 Å². The van der Waals surface area contributed by atoms with E-state index in [1.54, 1.807) is 0 Å². The van der Waals surface area contributed by atoms with E-state index in [0.717, 1.165) is 11.3 Å². The molecule has 0 bridgehead atoms. The number of hydrogen-bond donors (Lipinski definition) is 0. The minimum Gasteiger partial charge on any atom is -0.250 e. The maximum Gasteiger partial charge on any atom is 0.0758 e. The molecule has 0 saturated heterocycles. The van der Waals surface area contributed by atoms with E-state index in [1.165, 1.54) is 0 Å². The van der Waals surface area contributed by atoms with Gasteiger partial charge in [-0.15, -0.1) is 0 Å². The van der Waals surface area contributed by atoms with Crippen molar-refractivity contribution < 1.29 is 0 Å². The van der Waals surface area contributed by atoms with Crippen LogP contribution < -0.4 is 0 Å². The van der Waals surface area contributed by atoms with Crippen molar-refractivity contribution in [3.63, 3.8) is 0 Å². The Morgan fingerprint density at radius 3 is 2.64 bits per heavy atom. The Hall–Kier alpha value is -1.02. The van der Waals surface area contributed by atoms with Gasteiger partial charge in [0.1, 0.15) is 0 Å². The topological polar surface area (TPSA) is 12.4 Å². The van der Waals surface area contributed by atoms with Crippen LogP contribution in [-0.2, 0) is 0 Å². The molecule has 0 saturated carbocycles. The van der Waals surface area contributed by atoms with Gasteiger partial charge in [0.2, 0.25) is 0 Å². The number of rotatable bonds is 3. The second kappa shape index (κ2) is 4.47. The molecule has 0 fully saturated rings. The van der Waals surface area contributed by atoms with E-state index in [1.807, 2.05) is 31.2 Å². The molecule has 0 unspecified atom stereocenters. The first-order chi connectivity index (χ1) is 6.59. The predicted molar refractivity (Wildman–Crippen MR) is 69.1 cm³/mol. The van der Waals surface area contributed by atoms with Gasteiger partial charge in [-0.05, 0) is 24.8 Å². The smallest absolute Gasteiger partial charge is 0.0758 e. The minimum atomic E-state index is -0.742. The summed E-state index contributed by atoms with van der Waals surface area (Å²) in [4.78, 5) is 4.41. The molecule has 0 aromatic heterocycles. The van der Waals surface area contributed by atoms with E-state index in [2.05, 4.69) is 35.0 Å². The SMILES string of the molecule is C=CC(=CC=CC)C1=CS(C)(C)C=N1. The van der Waals surface area contributed by atoms with Crippen LogP contribution in [0.2, 0.25) is 0 Å². The van der Waals surface area contributed by atoms with Gasteiger partial charge in [-0.25, -0.2) is 0 Å². The fourth-order valence-electron chi connectivity index (χ4n) is 1.14. The number of nitrogens with zero attached hydrogens (tertiary/aromatic N) is 1. The third kappa shape index (κ3) is 2.74. The van der Waals surface area contributed by atoms with Crippen LogP contribution in [0, 0.1) is 0 Å². The lowest BCUT2D eigenvalue weighted by atomic mass is 10.2. The molecule has 1 nitrogen and oxygen atoms in total. The molecule has 1 rings (SSSR count). The number of allylic oxidation sites excluding steroid dienone is 4. The highest BCUT2D eigenvalue weighted by Crippen LogP contribution is 2.45. The van der Waals surface area contributed by atoms with Crippen molar-refractivity contribution in [3.05, 3.63) is 47.6 Å². The van der Waals surface area contributed by atoms with E-state index in [9.17, 15) is 0 Å². The van der Waals surface area contributed by atoms with Crippen LogP contribution in [0.3, 0.4) is 0 Å². The van der Waals surface area contributed by atoms with Crippen LogP contribution in [0.5, 0.6) is 0 Å². The average Bonchev–Trinajstić information content (AvgIpc) is 2.48. The summed E-state index contributed by atoms with van der Waals surface area (Å²) in [6, 6.07) is 0. The van der Waals surface area contributed by atoms with Gasteiger partial charge in [-0.2, -0.15) is 10.0 Å². The van der Waals surface area contributed by atoms with Gasteiger partial charge in [0.05, 0.1) is 5.70 Å². The maximum absolute atomic E-state index is 4.41. The summed E-state index contributed by atoms with van der Waals surface area (Å²) in [5.74, 6) is 0. The van der Waals surface area contributed by atoms with Crippen LogP contribution in [0.4, 0.5) is 0 Å². The van der Waals surface area contributed by atoms with Crippen LogP contribution in [0.15, 0.2) is 52.6 Å². The lowest BCUT2D eigenvalue weighted by molar-refractivity contribution is 1.39. The lowest BCUT2D eigenvalue weighted by Crippen LogP contribution is -1.85. The Morgan fingerprint density at radius 1 is 1.50 bits per heavy atom. The van der Waals surface area contributed by atoms with E-state index in [-0.39, 0.29) is 0 Å². The predicted octanol–water partition coefficient (Wildman–Crippen LogP) is 3.62. The highest BCUT2D eigenvalue weighted by atomic mass is 32.3. The molecule has 2 heteroatoms. The third-order valence-corrected chi connectivity index (χ3v) is 3.34. The summed E-state index contributed by atoms with van der Waals surface area (Å²) >= 11 is 0. The Kier molecular flexibility index (Phi) is 3.53. The number of hydrogen-bond acceptors (Lipinski definition) is 1. The summed E-state index contributed by atoms with van der Waals surface area (Å²) in [5.41, 5.74) is 4.20. The zero-order valence-corrected chi connectivity index (χ0v) is 9.84. The van der Waals surface area contributed by atoms with Crippen LogP contribution >= 0.6 is 10.0 Å². The third-order valence-electron chi connectivity index (χ3n) is 1.86. The molecule has 0 amide bonds. The fourth-order valence-corrected chi connectivity index (χ4v) is 2.36. The highest BCUT2D eigenvalue weighted by Gasteiger charge is 2.14. The van der Waals surface area contributed by atoms with Gasteiger partial charge in [-0.3, -0.25) is 4.99 Å². The van der Waals surface area contributed by atoms with Crippen LogP contribution in [0.25, 0.3) is 0 Å². The zero-order valence-electron chi connectivity index (χ0n) is 9.03. The van der Waals surface area contributed by atoms with Crippen molar-refractivity contribution in [3.8, 4) is 0 Å². The van der Waals surface area contributed by atoms with Crippen molar-refractivity contribution in [2.24, 2.45) is 4.99 Å². The molecule has 0 aliphatic carbocycles. The summed E-state index contributed by atoms with van der Waals surface area (Å²) in [5, 5.41) is 2.24. The van der Waals surface area contributed by atoms with E-state index in [4.69, 9.17) is 0 Å². The summed E-state index contributed by atoms with van der Waals surface area (Å²) in [6.45, 7) is 5.80. The average molecular weight is 207 g/mol. The second-order valence-electron chi connectivity index (χ2n) is 3.58. The molecular weight excluding hydrogens is 190 g/mol. The normalized spacial score (nSPS) is 22.5. The Balaban J connectivity index is 2.95. The molecule has 1 heterocycles. The van der Waals surface area contributed by atoms with Crippen molar-refractivity contribution in [1.29, 1.82) is 0 Å².